The summed E-state index contributed by atoms with van der Waals surface area (Å²) in [5, 5.41) is 11.3. The third-order valence-electron chi connectivity index (χ3n) is 6.17. The molecule has 0 saturated heterocycles. The molecule has 0 radical (unpaired) electrons. The van der Waals surface area contributed by atoms with Gasteiger partial charge in [-0.15, -0.1) is 0 Å². The average Bonchev–Trinajstić information content (AvgIpc) is 3.34. The van der Waals surface area contributed by atoms with Gasteiger partial charge in [-0.3, -0.25) is 16.0 Å². The molecule has 6 heterocycles. The van der Waals surface area contributed by atoms with Gasteiger partial charge in [-0.05, 0) is 33.4 Å². The van der Waals surface area contributed by atoms with E-state index in [1.54, 1.807) is 33.4 Å². The fourth-order valence-corrected chi connectivity index (χ4v) is 5.54. The quantitative estimate of drug-likeness (QED) is 0.635. The molecule has 0 aromatic heterocycles. The minimum Gasteiger partial charge on any atom is -0.296 e. The van der Waals surface area contributed by atoms with Crippen molar-refractivity contribution in [1.29, 1.82) is 0 Å². The Labute approximate surface area is 122 Å². The Kier molecular flexibility index (Phi) is 1.41. The molecule has 102 valence electrons. The highest BCUT2D eigenvalue weighted by atomic mass is 15.1. The van der Waals surface area contributed by atoms with Crippen LogP contribution in [0.4, 0.5) is 0 Å². The van der Waals surface area contributed by atoms with Crippen LogP contribution < -0.4 is 16.0 Å². The second kappa shape index (κ2) is 2.93. The van der Waals surface area contributed by atoms with E-state index in [0.717, 1.165) is 0 Å². The molecule has 0 spiro atoms. The van der Waals surface area contributed by atoms with Crippen molar-refractivity contribution in [2.45, 2.75) is 36.3 Å². The Morgan fingerprint density at radius 2 is 0.571 bits per heavy atom. The van der Waals surface area contributed by atoms with E-state index in [4.69, 9.17) is 0 Å². The molecule has 6 aliphatic rings. The Morgan fingerprint density at radius 1 is 0.381 bits per heavy atom. The van der Waals surface area contributed by atoms with Crippen molar-refractivity contribution in [3.8, 4) is 0 Å². The van der Waals surface area contributed by atoms with Crippen LogP contribution in [0.2, 0.25) is 0 Å². The molecule has 3 nitrogen and oxygen atoms in total. The zero-order chi connectivity index (χ0) is 13.3. The maximum absolute atomic E-state index is 3.76. The number of fused-ring (bicyclic) bond motifs is 18. The van der Waals surface area contributed by atoms with Gasteiger partial charge in [0.05, 0.1) is 36.3 Å². The third-order valence-corrected chi connectivity index (χ3v) is 6.17. The molecular formula is C18H15N3. The molecule has 0 fully saturated rings. The van der Waals surface area contributed by atoms with Crippen LogP contribution >= 0.6 is 0 Å². The summed E-state index contributed by atoms with van der Waals surface area (Å²) in [6.07, 6.45) is 14.1. The highest BCUT2D eigenvalue weighted by molar-refractivity contribution is 5.70. The Hall–Kier alpha value is -1.68. The molecule has 1 aromatic rings. The molecule has 0 aliphatic carbocycles. The standard InChI is InChI=1S/C18H15N3/c1-2-8-14-13(7(1)19-8)15-9-3-4-11(20-9)17(15)18-12-6-5-10(21-12)16(14)18/h1-12,19-21H/t7-,8+,9+,10-,11-,12+. The van der Waals surface area contributed by atoms with Crippen LogP contribution in [0, 0.1) is 0 Å². The first kappa shape index (κ1) is 10.1. The molecule has 6 bridgehead atoms. The van der Waals surface area contributed by atoms with Crippen LogP contribution in [-0.4, -0.2) is 0 Å². The molecule has 0 saturated carbocycles. The smallest absolute Gasteiger partial charge is 0.0521 e. The van der Waals surface area contributed by atoms with E-state index in [9.17, 15) is 0 Å². The summed E-state index contributed by atoms with van der Waals surface area (Å²) in [5.41, 5.74) is 9.52. The average molecular weight is 273 g/mol. The summed E-state index contributed by atoms with van der Waals surface area (Å²) < 4.78 is 0. The molecule has 21 heavy (non-hydrogen) atoms. The van der Waals surface area contributed by atoms with E-state index < -0.39 is 0 Å². The third kappa shape index (κ3) is 0.908. The summed E-state index contributed by atoms with van der Waals surface area (Å²) in [4.78, 5) is 0. The van der Waals surface area contributed by atoms with E-state index in [2.05, 4.69) is 52.4 Å². The van der Waals surface area contributed by atoms with Crippen LogP contribution in [0.3, 0.4) is 0 Å². The number of nitrogens with one attached hydrogen (secondary N) is 3. The van der Waals surface area contributed by atoms with E-state index in [0.29, 0.717) is 36.3 Å². The van der Waals surface area contributed by atoms with Gasteiger partial charge in [0.2, 0.25) is 0 Å². The normalized spacial score (nSPS) is 44.0. The lowest BCUT2D eigenvalue weighted by molar-refractivity contribution is 0.653. The highest BCUT2D eigenvalue weighted by Gasteiger charge is 2.49. The molecule has 6 aliphatic heterocycles. The van der Waals surface area contributed by atoms with Gasteiger partial charge in [0, 0.05) is 0 Å². The molecule has 3 heteroatoms. The van der Waals surface area contributed by atoms with Crippen LogP contribution in [0.1, 0.15) is 69.6 Å². The number of hydrogen-bond acceptors (Lipinski definition) is 3. The van der Waals surface area contributed by atoms with Crippen LogP contribution in [0.15, 0.2) is 36.5 Å². The minimum atomic E-state index is 0.432. The summed E-state index contributed by atoms with van der Waals surface area (Å²) in [7, 11) is 0. The summed E-state index contributed by atoms with van der Waals surface area (Å²) in [6.45, 7) is 0. The molecule has 0 unspecified atom stereocenters. The SMILES string of the molecule is C1=C[C@H]2N[C@@H]1c1c3c(c4c(c12)[C@@H]1C=C[C@H]4N1)[C@@H]1C=C[C@H]3N1. The highest BCUT2D eigenvalue weighted by Crippen LogP contribution is 2.58. The van der Waals surface area contributed by atoms with Gasteiger partial charge < -0.3 is 0 Å². The summed E-state index contributed by atoms with van der Waals surface area (Å²) >= 11 is 0. The predicted molar refractivity (Wildman–Crippen MR) is 79.7 cm³/mol. The lowest BCUT2D eigenvalue weighted by Crippen LogP contribution is -2.12. The lowest BCUT2D eigenvalue weighted by Gasteiger charge is -2.26. The Balaban J connectivity index is 1.68. The monoisotopic (exact) mass is 273 g/mol. The van der Waals surface area contributed by atoms with E-state index in [-0.39, 0.29) is 0 Å². The van der Waals surface area contributed by atoms with Crippen LogP contribution in [0.25, 0.3) is 0 Å². The van der Waals surface area contributed by atoms with Crippen molar-refractivity contribution >= 4 is 0 Å². The van der Waals surface area contributed by atoms with Crippen molar-refractivity contribution in [2.75, 3.05) is 0 Å². The largest absolute Gasteiger partial charge is 0.296 e. The first-order valence-corrected chi connectivity index (χ1v) is 7.96. The predicted octanol–water partition coefficient (Wildman–Crippen LogP) is 2.45. The van der Waals surface area contributed by atoms with Gasteiger partial charge >= 0.3 is 0 Å². The van der Waals surface area contributed by atoms with Crippen LogP contribution in [0.5, 0.6) is 0 Å². The van der Waals surface area contributed by atoms with Crippen molar-refractivity contribution in [3.63, 3.8) is 0 Å². The van der Waals surface area contributed by atoms with Crippen molar-refractivity contribution in [3.05, 3.63) is 69.8 Å². The van der Waals surface area contributed by atoms with Crippen molar-refractivity contribution < 1.29 is 0 Å². The van der Waals surface area contributed by atoms with E-state index in [1.165, 1.54) is 0 Å². The minimum absolute atomic E-state index is 0.432. The molecule has 7 rings (SSSR count). The summed E-state index contributed by atoms with van der Waals surface area (Å²) in [5.74, 6) is 0. The van der Waals surface area contributed by atoms with Gasteiger partial charge in [-0.25, -0.2) is 0 Å². The van der Waals surface area contributed by atoms with E-state index >= 15 is 0 Å². The fraction of sp³-hybridized carbons (Fsp3) is 0.333. The maximum atomic E-state index is 3.76. The number of rotatable bonds is 0. The van der Waals surface area contributed by atoms with Gasteiger partial charge in [0.15, 0.2) is 0 Å². The van der Waals surface area contributed by atoms with Crippen molar-refractivity contribution in [1.82, 2.24) is 16.0 Å². The topological polar surface area (TPSA) is 36.1 Å². The first-order chi connectivity index (χ1) is 10.4. The number of benzene rings is 1. The van der Waals surface area contributed by atoms with Crippen LogP contribution in [-0.2, 0) is 0 Å². The maximum Gasteiger partial charge on any atom is 0.0521 e. The van der Waals surface area contributed by atoms with Gasteiger partial charge in [-0.1, -0.05) is 36.5 Å². The van der Waals surface area contributed by atoms with Crippen molar-refractivity contribution in [2.24, 2.45) is 0 Å². The molecular weight excluding hydrogens is 258 g/mol. The zero-order valence-corrected chi connectivity index (χ0v) is 11.4. The van der Waals surface area contributed by atoms with Gasteiger partial charge in [0.25, 0.3) is 0 Å². The van der Waals surface area contributed by atoms with Gasteiger partial charge in [0.1, 0.15) is 0 Å². The lowest BCUT2D eigenvalue weighted by atomic mass is 9.76. The molecule has 1 aromatic carbocycles. The Bertz CT molecular complexity index is 639. The molecule has 0 amide bonds. The molecule has 3 N–H and O–H groups in total. The summed E-state index contributed by atoms with van der Waals surface area (Å²) in [6, 6.07) is 2.59. The zero-order valence-electron chi connectivity index (χ0n) is 11.4. The van der Waals surface area contributed by atoms with E-state index in [1.807, 2.05) is 0 Å². The number of hydrogen-bond donors (Lipinski definition) is 3. The van der Waals surface area contributed by atoms with Gasteiger partial charge in [-0.2, -0.15) is 0 Å². The second-order valence-corrected chi connectivity index (χ2v) is 7.00. The fourth-order valence-electron chi connectivity index (χ4n) is 5.54. The first-order valence-electron chi connectivity index (χ1n) is 7.96. The molecule has 6 atom stereocenters. The Morgan fingerprint density at radius 3 is 0.762 bits per heavy atom. The second-order valence-electron chi connectivity index (χ2n) is 7.00.